The van der Waals surface area contributed by atoms with Gasteiger partial charge in [0.05, 0.1) is 5.41 Å². The lowest BCUT2D eigenvalue weighted by molar-refractivity contribution is 0.436. The number of benzene rings is 9. The highest BCUT2D eigenvalue weighted by Crippen LogP contribution is 2.62. The molecule has 64 heavy (non-hydrogen) atoms. The van der Waals surface area contributed by atoms with Crippen LogP contribution in [-0.2, 0) is 11.8 Å². The van der Waals surface area contributed by atoms with Crippen molar-refractivity contribution in [2.24, 2.45) is 0 Å². The molecule has 0 atom stereocenters. The predicted octanol–water partition coefficient (Wildman–Crippen LogP) is 14.5. The predicted molar refractivity (Wildman–Crippen MR) is 255 cm³/mol. The number of ether oxygens (including phenoxy) is 1. The average molecular weight is 820 g/mol. The number of para-hydroxylation sites is 3. The number of aromatic nitrogens is 3. The molecule has 0 saturated carbocycles. The Morgan fingerprint density at radius 1 is 0.375 bits per heavy atom. The normalized spacial score (nSPS) is 13.0. The third-order valence-corrected chi connectivity index (χ3v) is 13.1. The van der Waals surface area contributed by atoms with Crippen LogP contribution in [0.1, 0.15) is 33.6 Å². The van der Waals surface area contributed by atoms with Crippen LogP contribution < -0.4 is 4.74 Å². The fourth-order valence-electron chi connectivity index (χ4n) is 10.3. The van der Waals surface area contributed by atoms with Crippen LogP contribution in [0.5, 0.6) is 11.5 Å². The number of hydrogen-bond acceptors (Lipinski definition) is 5. The van der Waals surface area contributed by atoms with E-state index in [1.807, 2.05) is 42.5 Å². The molecule has 5 heteroatoms. The van der Waals surface area contributed by atoms with Crippen LogP contribution in [0.15, 0.2) is 217 Å². The SMILES string of the molecule is c1ccc(-c2nc(Cc3ccccc3-c3ccc4c(c3)Oc3ccccc3C43c4ccccc4-c4ccccc43)nc(-c3ccc(-c4cccc5c4oc4ccccc45)cc3)n2)cc1. The van der Waals surface area contributed by atoms with Crippen LogP contribution >= 0.6 is 0 Å². The Balaban J connectivity index is 0.894. The van der Waals surface area contributed by atoms with E-state index in [4.69, 9.17) is 24.1 Å². The summed E-state index contributed by atoms with van der Waals surface area (Å²) in [5, 5.41) is 2.22. The van der Waals surface area contributed by atoms with Crippen LogP contribution in [0.4, 0.5) is 0 Å². The van der Waals surface area contributed by atoms with Crippen molar-refractivity contribution in [2.45, 2.75) is 11.8 Å². The third-order valence-electron chi connectivity index (χ3n) is 13.1. The molecule has 300 valence electrons. The molecule has 1 spiro atoms. The molecule has 1 aliphatic carbocycles. The van der Waals surface area contributed by atoms with E-state index in [2.05, 4.69) is 170 Å². The Morgan fingerprint density at radius 3 is 1.72 bits per heavy atom. The van der Waals surface area contributed by atoms with E-state index in [1.54, 1.807) is 0 Å². The molecule has 1 aliphatic heterocycles. The number of fused-ring (bicyclic) bond motifs is 12. The third kappa shape index (κ3) is 5.54. The summed E-state index contributed by atoms with van der Waals surface area (Å²) < 4.78 is 13.3. The van der Waals surface area contributed by atoms with E-state index in [9.17, 15) is 0 Å². The Labute approximate surface area is 370 Å². The Bertz CT molecular complexity index is 3580. The van der Waals surface area contributed by atoms with E-state index in [0.717, 1.165) is 83.5 Å². The molecule has 0 fully saturated rings. The van der Waals surface area contributed by atoms with Crippen molar-refractivity contribution in [3.63, 3.8) is 0 Å². The quantitative estimate of drug-likeness (QED) is 0.167. The van der Waals surface area contributed by atoms with Gasteiger partial charge in [0.25, 0.3) is 0 Å². The summed E-state index contributed by atoms with van der Waals surface area (Å²) in [4.78, 5) is 15.3. The number of hydrogen-bond donors (Lipinski definition) is 0. The summed E-state index contributed by atoms with van der Waals surface area (Å²) >= 11 is 0. The van der Waals surface area contributed by atoms with Crippen LogP contribution in [0, 0.1) is 0 Å². The van der Waals surface area contributed by atoms with Crippen molar-refractivity contribution in [3.8, 4) is 67.7 Å². The summed E-state index contributed by atoms with van der Waals surface area (Å²) in [5.41, 5.74) is 15.9. The lowest BCUT2D eigenvalue weighted by Crippen LogP contribution is -2.32. The molecule has 0 radical (unpaired) electrons. The first-order valence-electron chi connectivity index (χ1n) is 21.7. The van der Waals surface area contributed by atoms with Gasteiger partial charge in [-0.25, -0.2) is 15.0 Å². The lowest BCUT2D eigenvalue weighted by atomic mass is 9.66. The minimum atomic E-state index is -0.510. The zero-order valence-electron chi connectivity index (χ0n) is 34.6. The zero-order chi connectivity index (χ0) is 42.2. The van der Waals surface area contributed by atoms with Crippen LogP contribution in [-0.4, -0.2) is 15.0 Å². The number of nitrogens with zero attached hydrogens (tertiary/aromatic N) is 3. The van der Waals surface area contributed by atoms with Crippen molar-refractivity contribution in [2.75, 3.05) is 0 Å². The van der Waals surface area contributed by atoms with Gasteiger partial charge in [0.15, 0.2) is 11.6 Å². The standard InChI is InChI=1S/C59H37N3O2/c1-2-15-38(16-3-1)57-60-55(61-58(62-57)39-31-29-37(30-32-39)43-22-14-23-47-46-21-8-12-27-52(46)64-56(43)47)36-40-17-4-5-18-42(40)41-33-34-51-54(35-41)63-53-28-13-11-26-50(53)59(51)48-24-9-6-19-44(48)45-20-7-10-25-49(45)59/h1-35H,36H2. The molecule has 0 saturated heterocycles. The average Bonchev–Trinajstić information content (AvgIpc) is 3.89. The molecular weight excluding hydrogens is 783 g/mol. The van der Waals surface area contributed by atoms with Crippen molar-refractivity contribution in [1.29, 1.82) is 0 Å². The summed E-state index contributed by atoms with van der Waals surface area (Å²) in [6.45, 7) is 0. The molecule has 5 nitrogen and oxygen atoms in total. The van der Waals surface area contributed by atoms with Crippen molar-refractivity contribution >= 4 is 21.9 Å². The van der Waals surface area contributed by atoms with E-state index in [1.165, 1.54) is 22.3 Å². The van der Waals surface area contributed by atoms with E-state index in [-0.39, 0.29) is 0 Å². The van der Waals surface area contributed by atoms with Crippen molar-refractivity contribution in [1.82, 2.24) is 15.0 Å². The molecule has 2 aromatic heterocycles. The van der Waals surface area contributed by atoms with Gasteiger partial charge >= 0.3 is 0 Å². The fraction of sp³-hybridized carbons (Fsp3) is 0.0339. The second-order valence-electron chi connectivity index (χ2n) is 16.6. The molecule has 13 rings (SSSR count). The molecule has 0 bridgehead atoms. The first-order chi connectivity index (χ1) is 31.7. The van der Waals surface area contributed by atoms with Gasteiger partial charge < -0.3 is 9.15 Å². The topological polar surface area (TPSA) is 61.0 Å². The molecular formula is C59H37N3O2. The smallest absolute Gasteiger partial charge is 0.163 e. The van der Waals surface area contributed by atoms with E-state index >= 15 is 0 Å². The van der Waals surface area contributed by atoms with Gasteiger partial charge in [-0.2, -0.15) is 0 Å². The highest BCUT2D eigenvalue weighted by Gasteiger charge is 2.50. The van der Waals surface area contributed by atoms with Gasteiger partial charge in [0.1, 0.15) is 28.5 Å². The number of rotatable bonds is 6. The molecule has 9 aromatic carbocycles. The maximum Gasteiger partial charge on any atom is 0.163 e. The first-order valence-corrected chi connectivity index (χ1v) is 21.7. The van der Waals surface area contributed by atoms with Crippen molar-refractivity contribution in [3.05, 3.63) is 246 Å². The minimum absolute atomic E-state index is 0.503. The highest BCUT2D eigenvalue weighted by molar-refractivity contribution is 6.09. The van der Waals surface area contributed by atoms with E-state index in [0.29, 0.717) is 23.9 Å². The molecule has 0 N–H and O–H groups in total. The van der Waals surface area contributed by atoms with Gasteiger partial charge in [-0.05, 0) is 62.7 Å². The highest BCUT2D eigenvalue weighted by atomic mass is 16.5. The molecule has 11 aromatic rings. The largest absolute Gasteiger partial charge is 0.457 e. The molecule has 0 unspecified atom stereocenters. The molecule has 0 amide bonds. The van der Waals surface area contributed by atoms with Gasteiger partial charge in [0, 0.05) is 45.0 Å². The van der Waals surface area contributed by atoms with Gasteiger partial charge in [-0.1, -0.05) is 194 Å². The number of furan rings is 1. The minimum Gasteiger partial charge on any atom is -0.457 e. The van der Waals surface area contributed by atoms with Gasteiger partial charge in [-0.15, -0.1) is 0 Å². The van der Waals surface area contributed by atoms with E-state index < -0.39 is 5.41 Å². The lowest BCUT2D eigenvalue weighted by Gasteiger charge is -2.39. The second kappa shape index (κ2) is 14.3. The Kier molecular flexibility index (Phi) is 8.12. The maximum absolute atomic E-state index is 6.88. The van der Waals surface area contributed by atoms with Crippen LogP contribution in [0.2, 0.25) is 0 Å². The molecule has 3 heterocycles. The fourth-order valence-corrected chi connectivity index (χ4v) is 10.3. The van der Waals surface area contributed by atoms with Gasteiger partial charge in [-0.3, -0.25) is 0 Å². The maximum atomic E-state index is 6.88. The summed E-state index contributed by atoms with van der Waals surface area (Å²) in [6.07, 6.45) is 0.503. The first kappa shape index (κ1) is 36.3. The van der Waals surface area contributed by atoms with Crippen LogP contribution in [0.3, 0.4) is 0 Å². The summed E-state index contributed by atoms with van der Waals surface area (Å²) in [6, 6.07) is 74.6. The Morgan fingerprint density at radius 2 is 0.938 bits per heavy atom. The summed E-state index contributed by atoms with van der Waals surface area (Å²) in [5.74, 6) is 3.67. The zero-order valence-corrected chi connectivity index (χ0v) is 34.6. The second-order valence-corrected chi connectivity index (χ2v) is 16.6. The molecule has 2 aliphatic rings. The van der Waals surface area contributed by atoms with Gasteiger partial charge in [0.2, 0.25) is 0 Å². The summed E-state index contributed by atoms with van der Waals surface area (Å²) in [7, 11) is 0. The van der Waals surface area contributed by atoms with Crippen molar-refractivity contribution < 1.29 is 9.15 Å². The monoisotopic (exact) mass is 819 g/mol. The Hall–Kier alpha value is -8.41. The van der Waals surface area contributed by atoms with Crippen LogP contribution in [0.25, 0.3) is 78.1 Å².